The highest BCUT2D eigenvalue weighted by molar-refractivity contribution is 5.56. The summed E-state index contributed by atoms with van der Waals surface area (Å²) in [6.07, 6.45) is 4.82. The number of hydrazine groups is 1. The number of hydrogen-bond donors (Lipinski definition) is 3. The average Bonchev–Trinajstić information content (AvgIpc) is 3.15. The Morgan fingerprint density at radius 3 is 2.59 bits per heavy atom. The molecule has 0 radical (unpaired) electrons. The Morgan fingerprint density at radius 1 is 1.29 bits per heavy atom. The lowest BCUT2D eigenvalue weighted by Crippen LogP contribution is -2.15. The van der Waals surface area contributed by atoms with E-state index in [9.17, 15) is 0 Å². The molecule has 0 bridgehead atoms. The van der Waals surface area contributed by atoms with Gasteiger partial charge in [0.05, 0.1) is 0 Å². The number of hydrogen-bond acceptors (Lipinski definition) is 5. The van der Waals surface area contributed by atoms with Gasteiger partial charge in [0, 0.05) is 18.5 Å². The fraction of sp³-hybridized carbons (Fsp3) is 0.667. The van der Waals surface area contributed by atoms with Crippen LogP contribution >= 0.6 is 0 Å². The summed E-state index contributed by atoms with van der Waals surface area (Å²) in [5.74, 6) is 8.83. The zero-order valence-corrected chi connectivity index (χ0v) is 10.6. The predicted octanol–water partition coefficient (Wildman–Crippen LogP) is 1.85. The van der Waals surface area contributed by atoms with Crippen molar-refractivity contribution in [2.75, 3.05) is 17.3 Å². The molecule has 0 spiro atoms. The molecule has 5 heteroatoms. The molecule has 0 atom stereocenters. The summed E-state index contributed by atoms with van der Waals surface area (Å²) >= 11 is 0. The molecule has 5 nitrogen and oxygen atoms in total. The van der Waals surface area contributed by atoms with Crippen LogP contribution in [0.5, 0.6) is 0 Å². The first-order chi connectivity index (χ1) is 8.24. The second-order valence-electron chi connectivity index (χ2n) is 4.62. The van der Waals surface area contributed by atoms with Crippen LogP contribution in [0.15, 0.2) is 0 Å². The van der Waals surface area contributed by atoms with E-state index in [1.54, 1.807) is 0 Å². The first-order valence-corrected chi connectivity index (χ1v) is 6.32. The van der Waals surface area contributed by atoms with Crippen LogP contribution in [0.25, 0.3) is 0 Å². The van der Waals surface area contributed by atoms with Crippen LogP contribution in [0.2, 0.25) is 0 Å². The number of rotatable bonds is 6. The van der Waals surface area contributed by atoms with Crippen molar-refractivity contribution in [1.29, 1.82) is 0 Å². The molecule has 4 N–H and O–H groups in total. The summed E-state index contributed by atoms with van der Waals surface area (Å²) in [6, 6.07) is 0. The highest BCUT2D eigenvalue weighted by Gasteiger charge is 2.20. The number of aryl methyl sites for hydroxylation is 1. The molecule has 0 aromatic carbocycles. The molecule has 1 aliphatic rings. The highest BCUT2D eigenvalue weighted by atomic mass is 15.3. The van der Waals surface area contributed by atoms with Crippen LogP contribution in [0.4, 0.5) is 11.6 Å². The zero-order valence-electron chi connectivity index (χ0n) is 10.6. The number of nitrogens with one attached hydrogen (secondary N) is 2. The molecular weight excluding hydrogens is 214 g/mol. The minimum absolute atomic E-state index is 0.714. The number of aromatic nitrogens is 2. The molecule has 1 aliphatic carbocycles. The maximum Gasteiger partial charge on any atom is 0.148 e. The standard InChI is InChI=1S/C12H21N5/c1-3-10-15-11(8(2)12(16-10)17-13)14-7-6-9-4-5-9/h9H,3-7,13H2,1-2H3,(H2,14,15,16,17). The number of nitrogen functional groups attached to an aromatic ring is 1. The summed E-state index contributed by atoms with van der Waals surface area (Å²) in [5.41, 5.74) is 3.62. The number of anilines is 2. The first-order valence-electron chi connectivity index (χ1n) is 6.32. The molecular formula is C12H21N5. The summed E-state index contributed by atoms with van der Waals surface area (Å²) in [6.45, 7) is 5.00. The van der Waals surface area contributed by atoms with E-state index in [0.717, 1.165) is 36.1 Å². The van der Waals surface area contributed by atoms with Gasteiger partial charge >= 0.3 is 0 Å². The molecule has 2 rings (SSSR count). The van der Waals surface area contributed by atoms with E-state index in [-0.39, 0.29) is 0 Å². The van der Waals surface area contributed by atoms with Crippen LogP contribution < -0.4 is 16.6 Å². The Balaban J connectivity index is 2.06. The highest BCUT2D eigenvalue weighted by Crippen LogP contribution is 2.32. The molecule has 1 aromatic rings. The van der Waals surface area contributed by atoms with Gasteiger partial charge in [-0.2, -0.15) is 0 Å². The summed E-state index contributed by atoms with van der Waals surface area (Å²) in [4.78, 5) is 8.84. The van der Waals surface area contributed by atoms with E-state index in [2.05, 4.69) is 20.7 Å². The Hall–Kier alpha value is -1.36. The van der Waals surface area contributed by atoms with Crippen molar-refractivity contribution in [3.8, 4) is 0 Å². The Bertz CT molecular complexity index is 387. The summed E-state index contributed by atoms with van der Waals surface area (Å²) in [7, 11) is 0. The molecule has 0 aliphatic heterocycles. The monoisotopic (exact) mass is 235 g/mol. The first kappa shape index (κ1) is 12.1. The quantitative estimate of drug-likeness (QED) is 0.518. The van der Waals surface area contributed by atoms with Crippen molar-refractivity contribution < 1.29 is 0 Å². The molecule has 1 aromatic heterocycles. The predicted molar refractivity (Wildman–Crippen MR) is 69.8 cm³/mol. The molecule has 17 heavy (non-hydrogen) atoms. The van der Waals surface area contributed by atoms with Crippen molar-refractivity contribution in [3.63, 3.8) is 0 Å². The van der Waals surface area contributed by atoms with Gasteiger partial charge in [-0.15, -0.1) is 0 Å². The third-order valence-corrected chi connectivity index (χ3v) is 3.19. The van der Waals surface area contributed by atoms with E-state index >= 15 is 0 Å². The minimum Gasteiger partial charge on any atom is -0.370 e. The van der Waals surface area contributed by atoms with Gasteiger partial charge in [-0.05, 0) is 19.3 Å². The maximum absolute atomic E-state index is 5.46. The van der Waals surface area contributed by atoms with Crippen molar-refractivity contribution in [2.24, 2.45) is 11.8 Å². The third kappa shape index (κ3) is 3.06. The van der Waals surface area contributed by atoms with Crippen molar-refractivity contribution in [1.82, 2.24) is 9.97 Å². The van der Waals surface area contributed by atoms with Crippen molar-refractivity contribution >= 4 is 11.6 Å². The van der Waals surface area contributed by atoms with Gasteiger partial charge < -0.3 is 10.7 Å². The van der Waals surface area contributed by atoms with Crippen molar-refractivity contribution in [2.45, 2.75) is 39.5 Å². The fourth-order valence-corrected chi connectivity index (χ4v) is 1.83. The summed E-state index contributed by atoms with van der Waals surface area (Å²) in [5, 5.41) is 3.39. The van der Waals surface area contributed by atoms with E-state index in [1.165, 1.54) is 19.3 Å². The van der Waals surface area contributed by atoms with Crippen LogP contribution in [0, 0.1) is 12.8 Å². The van der Waals surface area contributed by atoms with Gasteiger partial charge in [0.1, 0.15) is 17.5 Å². The van der Waals surface area contributed by atoms with Gasteiger partial charge in [-0.25, -0.2) is 15.8 Å². The molecule has 0 unspecified atom stereocenters. The van der Waals surface area contributed by atoms with E-state index in [4.69, 9.17) is 5.84 Å². The van der Waals surface area contributed by atoms with Crippen LogP contribution in [0.1, 0.15) is 37.6 Å². The molecule has 1 fully saturated rings. The van der Waals surface area contributed by atoms with Gasteiger partial charge in [0.2, 0.25) is 0 Å². The maximum atomic E-state index is 5.46. The second kappa shape index (κ2) is 5.31. The molecule has 0 amide bonds. The smallest absolute Gasteiger partial charge is 0.148 e. The molecule has 0 saturated heterocycles. The van der Waals surface area contributed by atoms with E-state index < -0.39 is 0 Å². The number of nitrogens with two attached hydrogens (primary N) is 1. The van der Waals surface area contributed by atoms with Gasteiger partial charge in [-0.3, -0.25) is 0 Å². The van der Waals surface area contributed by atoms with Gasteiger partial charge in [0.25, 0.3) is 0 Å². The lowest BCUT2D eigenvalue weighted by atomic mass is 10.2. The van der Waals surface area contributed by atoms with Crippen molar-refractivity contribution in [3.05, 3.63) is 11.4 Å². The van der Waals surface area contributed by atoms with E-state index in [0.29, 0.717) is 5.82 Å². The molecule has 1 saturated carbocycles. The Morgan fingerprint density at radius 2 is 2.00 bits per heavy atom. The summed E-state index contributed by atoms with van der Waals surface area (Å²) < 4.78 is 0. The normalized spacial score (nSPS) is 14.8. The molecule has 94 valence electrons. The minimum atomic E-state index is 0.714. The number of nitrogens with zero attached hydrogens (tertiary/aromatic N) is 2. The zero-order chi connectivity index (χ0) is 12.3. The van der Waals surface area contributed by atoms with Gasteiger partial charge in [-0.1, -0.05) is 19.8 Å². The second-order valence-corrected chi connectivity index (χ2v) is 4.62. The third-order valence-electron chi connectivity index (χ3n) is 3.19. The lowest BCUT2D eigenvalue weighted by molar-refractivity contribution is 0.756. The van der Waals surface area contributed by atoms with Gasteiger partial charge in [0.15, 0.2) is 0 Å². The average molecular weight is 235 g/mol. The van der Waals surface area contributed by atoms with Crippen LogP contribution in [-0.2, 0) is 6.42 Å². The Kier molecular flexibility index (Phi) is 3.78. The van der Waals surface area contributed by atoms with E-state index in [1.807, 2.05) is 13.8 Å². The lowest BCUT2D eigenvalue weighted by Gasteiger charge is -2.12. The topological polar surface area (TPSA) is 75.9 Å². The SMILES string of the molecule is CCc1nc(NN)c(C)c(NCCC2CC2)n1. The Labute approximate surface area is 102 Å². The molecule has 1 heterocycles. The fourth-order valence-electron chi connectivity index (χ4n) is 1.83. The largest absolute Gasteiger partial charge is 0.370 e. The van der Waals surface area contributed by atoms with Crippen LogP contribution in [-0.4, -0.2) is 16.5 Å². The van der Waals surface area contributed by atoms with Crippen LogP contribution in [0.3, 0.4) is 0 Å².